The van der Waals surface area contributed by atoms with Gasteiger partial charge >= 0.3 is 0 Å². The Bertz CT molecular complexity index is 781. The summed E-state index contributed by atoms with van der Waals surface area (Å²) in [6, 6.07) is 12.8. The lowest BCUT2D eigenvalue weighted by Crippen LogP contribution is -2.30. The van der Waals surface area contributed by atoms with Crippen LogP contribution in [0.15, 0.2) is 48.6 Å². The van der Waals surface area contributed by atoms with Crippen LogP contribution in [0.25, 0.3) is 0 Å². The number of rotatable bonds is 2. The Kier molecular flexibility index (Phi) is 3.87. The molecule has 23 heavy (non-hydrogen) atoms. The van der Waals surface area contributed by atoms with Gasteiger partial charge in [0.1, 0.15) is 0 Å². The molecule has 2 aliphatic rings. The Morgan fingerprint density at radius 2 is 1.87 bits per heavy atom. The van der Waals surface area contributed by atoms with Crippen molar-refractivity contribution in [3.05, 3.63) is 75.3 Å². The zero-order chi connectivity index (χ0) is 16.0. The van der Waals surface area contributed by atoms with E-state index in [9.17, 15) is 0 Å². The molecule has 1 aliphatic heterocycles. The van der Waals surface area contributed by atoms with Crippen molar-refractivity contribution >= 4 is 28.9 Å². The second kappa shape index (κ2) is 5.89. The van der Waals surface area contributed by atoms with Gasteiger partial charge in [-0.3, -0.25) is 0 Å². The lowest BCUT2D eigenvalue weighted by atomic mass is 9.76. The van der Waals surface area contributed by atoms with Gasteiger partial charge in [0, 0.05) is 11.6 Å². The summed E-state index contributed by atoms with van der Waals surface area (Å²) in [6.07, 6.45) is 6.75. The molecule has 118 valence electrons. The first-order chi connectivity index (χ1) is 11.2. The van der Waals surface area contributed by atoms with Crippen molar-refractivity contribution in [2.75, 3.05) is 5.32 Å². The molecule has 0 fully saturated rings. The minimum Gasteiger partial charge on any atom is -0.377 e. The summed E-state index contributed by atoms with van der Waals surface area (Å²) in [7, 11) is 0. The van der Waals surface area contributed by atoms with Gasteiger partial charge in [0.2, 0.25) is 0 Å². The van der Waals surface area contributed by atoms with E-state index in [4.69, 9.17) is 23.2 Å². The van der Waals surface area contributed by atoms with Crippen LogP contribution < -0.4 is 5.32 Å². The van der Waals surface area contributed by atoms with Gasteiger partial charge in [-0.05, 0) is 41.5 Å². The predicted octanol–water partition coefficient (Wildman–Crippen LogP) is 6.38. The molecular weight excluding hydrogens is 325 g/mol. The molecule has 0 spiro atoms. The molecule has 4 rings (SSSR count). The van der Waals surface area contributed by atoms with Crippen molar-refractivity contribution in [3.8, 4) is 0 Å². The average Bonchev–Trinajstić information content (AvgIpc) is 3.06. The molecule has 0 radical (unpaired) electrons. The van der Waals surface area contributed by atoms with Crippen LogP contribution in [0.4, 0.5) is 5.69 Å². The van der Waals surface area contributed by atoms with E-state index < -0.39 is 0 Å². The molecule has 2 aromatic carbocycles. The molecule has 0 bridgehead atoms. The van der Waals surface area contributed by atoms with Gasteiger partial charge in [-0.15, -0.1) is 0 Å². The third-order valence-corrected chi connectivity index (χ3v) is 6.01. The van der Waals surface area contributed by atoms with Gasteiger partial charge in [0.25, 0.3) is 0 Å². The van der Waals surface area contributed by atoms with Gasteiger partial charge < -0.3 is 5.32 Å². The van der Waals surface area contributed by atoms with Crippen molar-refractivity contribution in [2.24, 2.45) is 5.92 Å². The van der Waals surface area contributed by atoms with Crippen molar-refractivity contribution in [2.45, 2.75) is 31.7 Å². The molecule has 1 heterocycles. The highest BCUT2D eigenvalue weighted by molar-refractivity contribution is 6.42. The largest absolute Gasteiger partial charge is 0.377 e. The van der Waals surface area contributed by atoms with E-state index in [0.29, 0.717) is 21.9 Å². The summed E-state index contributed by atoms with van der Waals surface area (Å²) in [5.41, 5.74) is 5.17. The number of nitrogens with one attached hydrogen (secondary N) is 1. The second-order valence-electron chi connectivity index (χ2n) is 6.35. The Morgan fingerprint density at radius 3 is 2.70 bits per heavy atom. The molecule has 0 amide bonds. The van der Waals surface area contributed by atoms with Crippen LogP contribution in [0.1, 0.15) is 42.0 Å². The molecule has 2 aromatic rings. The smallest absolute Gasteiger partial charge is 0.0645 e. The predicted molar refractivity (Wildman–Crippen MR) is 98.6 cm³/mol. The van der Waals surface area contributed by atoms with Crippen LogP contribution in [0, 0.1) is 5.92 Å². The summed E-state index contributed by atoms with van der Waals surface area (Å²) < 4.78 is 0. The minimum absolute atomic E-state index is 0.196. The van der Waals surface area contributed by atoms with E-state index in [1.165, 1.54) is 16.8 Å². The van der Waals surface area contributed by atoms with Crippen LogP contribution in [-0.4, -0.2) is 0 Å². The monoisotopic (exact) mass is 343 g/mol. The number of aryl methyl sites for hydroxylation is 1. The number of fused-ring (bicyclic) bond motifs is 3. The van der Waals surface area contributed by atoms with E-state index >= 15 is 0 Å². The maximum atomic E-state index is 6.53. The molecule has 1 N–H and O–H groups in total. The van der Waals surface area contributed by atoms with Crippen LogP contribution in [0.5, 0.6) is 0 Å². The molecular formula is C20H19Cl2N. The number of allylic oxidation sites excluding steroid dienone is 2. The van der Waals surface area contributed by atoms with Gasteiger partial charge in [-0.25, -0.2) is 0 Å². The van der Waals surface area contributed by atoms with Crippen molar-refractivity contribution < 1.29 is 0 Å². The van der Waals surface area contributed by atoms with Crippen LogP contribution in [0.3, 0.4) is 0 Å². The summed E-state index contributed by atoms with van der Waals surface area (Å²) in [4.78, 5) is 0. The molecule has 1 nitrogen and oxygen atoms in total. The first kappa shape index (κ1) is 15.1. The molecule has 0 aromatic heterocycles. The highest BCUT2D eigenvalue weighted by Gasteiger charge is 2.39. The maximum Gasteiger partial charge on any atom is 0.0645 e. The summed E-state index contributed by atoms with van der Waals surface area (Å²) >= 11 is 12.8. The Balaban J connectivity index is 1.85. The summed E-state index contributed by atoms with van der Waals surface area (Å²) in [5, 5.41) is 5.09. The third kappa shape index (κ3) is 2.38. The van der Waals surface area contributed by atoms with Crippen molar-refractivity contribution in [1.82, 2.24) is 0 Å². The Labute approximate surface area is 147 Å². The second-order valence-corrected chi connectivity index (χ2v) is 7.14. The van der Waals surface area contributed by atoms with Crippen LogP contribution >= 0.6 is 23.2 Å². The molecule has 0 saturated heterocycles. The van der Waals surface area contributed by atoms with Crippen LogP contribution in [-0.2, 0) is 6.42 Å². The fourth-order valence-electron chi connectivity index (χ4n) is 4.05. The van der Waals surface area contributed by atoms with E-state index in [1.807, 2.05) is 12.1 Å². The average molecular weight is 344 g/mol. The summed E-state index contributed by atoms with van der Waals surface area (Å²) in [5.74, 6) is 0.948. The zero-order valence-corrected chi connectivity index (χ0v) is 14.5. The highest BCUT2D eigenvalue weighted by Crippen LogP contribution is 2.52. The standard InChI is InChI=1S/C20H19Cl2N/c1-2-12-6-3-8-14-13-7-4-9-15(13)20(23-19(12)14)16-10-5-11-17(21)18(16)22/h3-8,10-11,13,15,20,23H,2,9H2,1H3/t13-,15+,20+/m1/s1. The lowest BCUT2D eigenvalue weighted by molar-refractivity contribution is 0.425. The Morgan fingerprint density at radius 1 is 1.09 bits per heavy atom. The number of anilines is 1. The topological polar surface area (TPSA) is 12.0 Å². The molecule has 3 atom stereocenters. The number of hydrogen-bond acceptors (Lipinski definition) is 1. The number of halogens is 2. The van der Waals surface area contributed by atoms with Gasteiger partial charge in [-0.2, -0.15) is 0 Å². The first-order valence-corrected chi connectivity index (χ1v) is 8.95. The third-order valence-electron chi connectivity index (χ3n) is 5.18. The van der Waals surface area contributed by atoms with E-state index in [0.717, 1.165) is 18.4 Å². The SMILES string of the molecule is CCc1cccc2c1N[C@H](c1cccc(Cl)c1Cl)[C@H]1CC=C[C@H]21. The number of benzene rings is 2. The van der Waals surface area contributed by atoms with Crippen molar-refractivity contribution in [1.29, 1.82) is 0 Å². The van der Waals surface area contributed by atoms with Crippen molar-refractivity contribution in [3.63, 3.8) is 0 Å². The van der Waals surface area contributed by atoms with E-state index in [-0.39, 0.29) is 6.04 Å². The fraction of sp³-hybridized carbons (Fsp3) is 0.300. The van der Waals surface area contributed by atoms with Gasteiger partial charge in [-0.1, -0.05) is 72.6 Å². The fourth-order valence-corrected chi connectivity index (χ4v) is 4.47. The maximum absolute atomic E-state index is 6.53. The van der Waals surface area contributed by atoms with Crippen LogP contribution in [0.2, 0.25) is 10.0 Å². The molecule has 0 saturated carbocycles. The minimum atomic E-state index is 0.196. The summed E-state index contributed by atoms with van der Waals surface area (Å²) in [6.45, 7) is 2.20. The van der Waals surface area contributed by atoms with E-state index in [1.54, 1.807) is 0 Å². The number of hydrogen-bond donors (Lipinski definition) is 1. The quantitative estimate of drug-likeness (QED) is 0.623. The molecule has 3 heteroatoms. The van der Waals surface area contributed by atoms with Gasteiger partial charge in [0.05, 0.1) is 16.1 Å². The highest BCUT2D eigenvalue weighted by atomic mass is 35.5. The lowest BCUT2D eigenvalue weighted by Gasteiger charge is -2.39. The molecule has 0 unspecified atom stereocenters. The molecule has 1 aliphatic carbocycles. The normalized spacial score (nSPS) is 24.9. The first-order valence-electron chi connectivity index (χ1n) is 8.19. The zero-order valence-electron chi connectivity index (χ0n) is 13.0. The Hall–Kier alpha value is -1.44. The number of para-hydroxylation sites is 1. The van der Waals surface area contributed by atoms with Gasteiger partial charge in [0.15, 0.2) is 0 Å². The van der Waals surface area contributed by atoms with E-state index in [2.05, 4.69) is 48.7 Å².